The maximum absolute atomic E-state index is 11.4. The third kappa shape index (κ3) is 3.23. The zero-order valence-electron chi connectivity index (χ0n) is 9.81. The van der Waals surface area contributed by atoms with Gasteiger partial charge in [-0.2, -0.15) is 4.31 Å². The Hall–Kier alpha value is -0.180. The Bertz CT molecular complexity index is 542. The van der Waals surface area contributed by atoms with Gasteiger partial charge in [0.05, 0.1) is 10.7 Å². The minimum absolute atomic E-state index is 0.503. The second-order valence-corrected chi connectivity index (χ2v) is 7.86. The number of nitrogens with zero attached hydrogens (tertiary/aromatic N) is 3. The molecule has 1 saturated heterocycles. The summed E-state index contributed by atoms with van der Waals surface area (Å²) in [6.07, 6.45) is 2.99. The second kappa shape index (κ2) is 5.44. The van der Waals surface area contributed by atoms with Crippen LogP contribution in [0.15, 0.2) is 21.2 Å². The summed E-state index contributed by atoms with van der Waals surface area (Å²) in [5.41, 5.74) is 0. The molecule has 8 heteroatoms. The van der Waals surface area contributed by atoms with Gasteiger partial charge in [-0.1, -0.05) is 0 Å². The van der Waals surface area contributed by atoms with Crippen LogP contribution in [0.2, 0.25) is 0 Å². The largest absolute Gasteiger partial charge is 0.353 e. The number of sulfonamides is 1. The van der Waals surface area contributed by atoms with Gasteiger partial charge in [-0.3, -0.25) is 0 Å². The van der Waals surface area contributed by atoms with Gasteiger partial charge in [-0.15, -0.1) is 0 Å². The van der Waals surface area contributed by atoms with E-state index in [9.17, 15) is 8.42 Å². The first-order valence-electron chi connectivity index (χ1n) is 5.39. The Labute approximate surface area is 123 Å². The van der Waals surface area contributed by atoms with E-state index in [1.807, 2.05) is 6.07 Å². The van der Waals surface area contributed by atoms with Gasteiger partial charge in [-0.05, 0) is 37.9 Å². The lowest BCUT2D eigenvalue weighted by Gasteiger charge is -2.34. The highest BCUT2D eigenvalue weighted by Gasteiger charge is 2.24. The second-order valence-electron chi connectivity index (χ2n) is 4.11. The molecular weight excluding hydrogens is 386 g/mol. The van der Waals surface area contributed by atoms with E-state index in [2.05, 4.69) is 41.7 Å². The molecule has 0 amide bonds. The molecule has 0 spiro atoms. The highest BCUT2D eigenvalue weighted by Crippen LogP contribution is 2.27. The molecule has 0 bridgehead atoms. The van der Waals surface area contributed by atoms with Crippen LogP contribution in [0.25, 0.3) is 0 Å². The van der Waals surface area contributed by atoms with Crippen molar-refractivity contribution in [3.63, 3.8) is 0 Å². The summed E-state index contributed by atoms with van der Waals surface area (Å²) >= 11 is 6.83. The van der Waals surface area contributed by atoms with Crippen molar-refractivity contribution in [3.8, 4) is 0 Å². The number of piperazine rings is 1. The molecule has 1 aliphatic rings. The minimum atomic E-state index is -3.08. The third-order valence-corrected chi connectivity index (χ3v) is 5.12. The van der Waals surface area contributed by atoms with Gasteiger partial charge in [0, 0.05) is 36.8 Å². The van der Waals surface area contributed by atoms with E-state index in [1.54, 1.807) is 6.20 Å². The lowest BCUT2D eigenvalue weighted by atomic mass is 10.3. The zero-order valence-corrected chi connectivity index (χ0v) is 13.8. The lowest BCUT2D eigenvalue weighted by molar-refractivity contribution is 0.387. The van der Waals surface area contributed by atoms with Crippen LogP contribution >= 0.6 is 31.9 Å². The summed E-state index contributed by atoms with van der Waals surface area (Å²) in [7, 11) is -3.08. The number of anilines is 1. The van der Waals surface area contributed by atoms with Crippen molar-refractivity contribution in [2.45, 2.75) is 0 Å². The van der Waals surface area contributed by atoms with E-state index < -0.39 is 10.0 Å². The molecule has 0 aromatic carbocycles. The molecule has 2 rings (SSSR count). The topological polar surface area (TPSA) is 53.5 Å². The highest BCUT2D eigenvalue weighted by atomic mass is 79.9. The number of rotatable bonds is 2. The smallest absolute Gasteiger partial charge is 0.211 e. The van der Waals surface area contributed by atoms with Crippen molar-refractivity contribution in [1.29, 1.82) is 0 Å². The molecule has 0 aliphatic carbocycles. The highest BCUT2D eigenvalue weighted by molar-refractivity contribution is 9.11. The number of hydrogen-bond acceptors (Lipinski definition) is 4. The SMILES string of the molecule is CS(=O)(=O)N1CCN(c2ncc(Br)cc2Br)CC1. The minimum Gasteiger partial charge on any atom is -0.353 e. The van der Waals surface area contributed by atoms with Gasteiger partial charge < -0.3 is 4.90 Å². The number of halogens is 2. The fraction of sp³-hybridized carbons (Fsp3) is 0.500. The summed E-state index contributed by atoms with van der Waals surface area (Å²) in [4.78, 5) is 6.43. The van der Waals surface area contributed by atoms with Gasteiger partial charge >= 0.3 is 0 Å². The van der Waals surface area contributed by atoms with Crippen molar-refractivity contribution in [2.75, 3.05) is 37.3 Å². The van der Waals surface area contributed by atoms with Crippen LogP contribution < -0.4 is 4.90 Å². The number of aromatic nitrogens is 1. The maximum Gasteiger partial charge on any atom is 0.211 e. The van der Waals surface area contributed by atoms with Crippen molar-refractivity contribution >= 4 is 47.7 Å². The first-order valence-corrected chi connectivity index (χ1v) is 8.82. The van der Waals surface area contributed by atoms with E-state index in [4.69, 9.17) is 0 Å². The molecule has 1 fully saturated rings. The Balaban J connectivity index is 2.10. The number of hydrogen-bond donors (Lipinski definition) is 0. The van der Waals surface area contributed by atoms with Crippen LogP contribution in [0.1, 0.15) is 0 Å². The predicted octanol–water partition coefficient (Wildman–Crippen LogP) is 1.69. The molecule has 1 aromatic heterocycles. The van der Waals surface area contributed by atoms with E-state index in [1.165, 1.54) is 10.6 Å². The zero-order chi connectivity index (χ0) is 13.3. The van der Waals surface area contributed by atoms with Gasteiger partial charge in [0.15, 0.2) is 0 Å². The molecule has 100 valence electrons. The summed E-state index contributed by atoms with van der Waals surface area (Å²) in [5, 5.41) is 0. The monoisotopic (exact) mass is 397 g/mol. The van der Waals surface area contributed by atoms with E-state index in [-0.39, 0.29) is 0 Å². The Morgan fingerprint density at radius 3 is 2.33 bits per heavy atom. The van der Waals surface area contributed by atoms with Crippen LogP contribution in [0.5, 0.6) is 0 Å². The van der Waals surface area contributed by atoms with Crippen molar-refractivity contribution in [2.24, 2.45) is 0 Å². The van der Waals surface area contributed by atoms with Crippen molar-refractivity contribution in [1.82, 2.24) is 9.29 Å². The van der Waals surface area contributed by atoms with Crippen LogP contribution in [-0.2, 0) is 10.0 Å². The fourth-order valence-corrected chi connectivity index (χ4v) is 3.94. The lowest BCUT2D eigenvalue weighted by Crippen LogP contribution is -2.48. The Morgan fingerprint density at radius 1 is 1.22 bits per heavy atom. The average Bonchev–Trinajstić information content (AvgIpc) is 2.28. The fourth-order valence-electron chi connectivity index (χ4n) is 1.87. The third-order valence-electron chi connectivity index (χ3n) is 2.80. The van der Waals surface area contributed by atoms with Crippen LogP contribution in [0, 0.1) is 0 Å². The van der Waals surface area contributed by atoms with Crippen LogP contribution in [0.3, 0.4) is 0 Å². The first-order chi connectivity index (χ1) is 8.38. The predicted molar refractivity (Wildman–Crippen MR) is 78.3 cm³/mol. The van der Waals surface area contributed by atoms with E-state index in [0.717, 1.165) is 14.8 Å². The molecule has 0 N–H and O–H groups in total. The molecule has 5 nitrogen and oxygen atoms in total. The summed E-state index contributed by atoms with van der Waals surface area (Å²) in [6, 6.07) is 1.94. The van der Waals surface area contributed by atoms with Gasteiger partial charge in [0.2, 0.25) is 10.0 Å². The number of pyridine rings is 1. The van der Waals surface area contributed by atoms with Gasteiger partial charge in [-0.25, -0.2) is 13.4 Å². The molecule has 2 heterocycles. The van der Waals surface area contributed by atoms with Gasteiger partial charge in [0.1, 0.15) is 5.82 Å². The molecule has 0 unspecified atom stereocenters. The van der Waals surface area contributed by atoms with Crippen LogP contribution in [0.4, 0.5) is 5.82 Å². The Kier molecular flexibility index (Phi) is 4.30. The normalized spacial score (nSPS) is 18.1. The molecule has 0 atom stereocenters. The molecule has 18 heavy (non-hydrogen) atoms. The summed E-state index contributed by atoms with van der Waals surface area (Å²) in [5.74, 6) is 0.853. The van der Waals surface area contributed by atoms with Crippen LogP contribution in [-0.4, -0.2) is 50.1 Å². The average molecular weight is 399 g/mol. The van der Waals surface area contributed by atoms with E-state index in [0.29, 0.717) is 26.2 Å². The molecule has 1 aliphatic heterocycles. The summed E-state index contributed by atoms with van der Waals surface area (Å²) < 4.78 is 26.1. The molecule has 0 saturated carbocycles. The van der Waals surface area contributed by atoms with E-state index >= 15 is 0 Å². The van der Waals surface area contributed by atoms with Crippen molar-refractivity contribution in [3.05, 3.63) is 21.2 Å². The molecular formula is C10H13Br2N3O2S. The van der Waals surface area contributed by atoms with Crippen molar-refractivity contribution < 1.29 is 8.42 Å². The standard InChI is InChI=1S/C10H13Br2N3O2S/c1-18(16,17)15-4-2-14(3-5-15)10-9(12)6-8(11)7-13-10/h6-7H,2-5H2,1H3. The quantitative estimate of drug-likeness (QED) is 0.760. The molecule has 1 aromatic rings. The first kappa shape index (κ1) is 14.2. The molecule has 0 radical (unpaired) electrons. The Morgan fingerprint density at radius 2 is 1.83 bits per heavy atom. The van der Waals surface area contributed by atoms with Gasteiger partial charge in [0.25, 0.3) is 0 Å². The summed E-state index contributed by atoms with van der Waals surface area (Å²) in [6.45, 7) is 2.31. The maximum atomic E-state index is 11.4.